The van der Waals surface area contributed by atoms with Gasteiger partial charge < -0.3 is 4.74 Å². The van der Waals surface area contributed by atoms with E-state index in [0.29, 0.717) is 5.41 Å². The van der Waals surface area contributed by atoms with E-state index in [-0.39, 0.29) is 6.10 Å². The van der Waals surface area contributed by atoms with Crippen molar-refractivity contribution in [3.63, 3.8) is 0 Å². The molecule has 0 amide bonds. The first-order valence-corrected chi connectivity index (χ1v) is 8.13. The Morgan fingerprint density at radius 3 is 2.82 bits per heavy atom. The third-order valence-corrected chi connectivity index (χ3v) is 5.05. The molecule has 4 rings (SSSR count). The summed E-state index contributed by atoms with van der Waals surface area (Å²) >= 11 is 0. The van der Waals surface area contributed by atoms with Gasteiger partial charge in [-0.05, 0) is 47.2 Å². The SMILES string of the molecule is c1cc(-c2nnnn2CC2CC3(CCCCC3)CO2)ccn1. The van der Waals surface area contributed by atoms with E-state index in [4.69, 9.17) is 4.74 Å². The summed E-state index contributed by atoms with van der Waals surface area (Å²) in [6.07, 6.45) is 11.6. The van der Waals surface area contributed by atoms with Crippen molar-refractivity contribution >= 4 is 0 Å². The molecule has 0 N–H and O–H groups in total. The average Bonchev–Trinajstić information content (AvgIpc) is 3.17. The van der Waals surface area contributed by atoms with Crippen molar-refractivity contribution in [3.05, 3.63) is 24.5 Å². The van der Waals surface area contributed by atoms with Gasteiger partial charge in [0.2, 0.25) is 0 Å². The molecule has 2 aromatic heterocycles. The van der Waals surface area contributed by atoms with Gasteiger partial charge >= 0.3 is 0 Å². The Bertz CT molecular complexity index is 620. The van der Waals surface area contributed by atoms with Crippen molar-refractivity contribution in [1.29, 1.82) is 0 Å². The molecule has 22 heavy (non-hydrogen) atoms. The van der Waals surface area contributed by atoms with Gasteiger partial charge in [-0.3, -0.25) is 4.98 Å². The number of hydrogen-bond donors (Lipinski definition) is 0. The van der Waals surface area contributed by atoms with E-state index in [1.54, 1.807) is 12.4 Å². The van der Waals surface area contributed by atoms with Crippen LogP contribution in [0.25, 0.3) is 11.4 Å². The Morgan fingerprint density at radius 1 is 1.18 bits per heavy atom. The lowest BCUT2D eigenvalue weighted by atomic mass is 9.73. The van der Waals surface area contributed by atoms with Crippen LogP contribution in [0.5, 0.6) is 0 Å². The average molecular weight is 299 g/mol. The van der Waals surface area contributed by atoms with Gasteiger partial charge in [0.15, 0.2) is 5.82 Å². The molecule has 3 heterocycles. The number of hydrogen-bond acceptors (Lipinski definition) is 5. The fraction of sp³-hybridized carbons (Fsp3) is 0.625. The highest BCUT2D eigenvalue weighted by molar-refractivity contribution is 5.52. The zero-order valence-corrected chi connectivity index (χ0v) is 12.7. The first-order valence-electron chi connectivity index (χ1n) is 8.13. The molecule has 2 aliphatic rings. The van der Waals surface area contributed by atoms with Gasteiger partial charge in [-0.1, -0.05) is 19.3 Å². The van der Waals surface area contributed by atoms with Crippen molar-refractivity contribution in [2.24, 2.45) is 5.41 Å². The van der Waals surface area contributed by atoms with Crippen molar-refractivity contribution in [2.75, 3.05) is 6.61 Å². The van der Waals surface area contributed by atoms with Crippen LogP contribution in [-0.2, 0) is 11.3 Å². The molecule has 1 saturated heterocycles. The molecule has 1 spiro atoms. The second-order valence-electron chi connectivity index (χ2n) is 6.62. The number of nitrogens with zero attached hydrogens (tertiary/aromatic N) is 5. The fourth-order valence-corrected chi connectivity index (χ4v) is 3.89. The maximum absolute atomic E-state index is 6.08. The normalized spacial score (nSPS) is 23.9. The van der Waals surface area contributed by atoms with Crippen LogP contribution in [0.15, 0.2) is 24.5 Å². The second kappa shape index (κ2) is 5.76. The van der Waals surface area contributed by atoms with E-state index in [9.17, 15) is 0 Å². The van der Waals surface area contributed by atoms with Crippen LogP contribution in [0.4, 0.5) is 0 Å². The van der Waals surface area contributed by atoms with Gasteiger partial charge in [0.05, 0.1) is 19.3 Å². The summed E-state index contributed by atoms with van der Waals surface area (Å²) < 4.78 is 7.94. The zero-order valence-electron chi connectivity index (χ0n) is 12.7. The smallest absolute Gasteiger partial charge is 0.182 e. The summed E-state index contributed by atoms with van der Waals surface area (Å²) in [5.74, 6) is 0.788. The van der Waals surface area contributed by atoms with Crippen molar-refractivity contribution in [3.8, 4) is 11.4 Å². The first-order chi connectivity index (χ1) is 10.8. The summed E-state index contributed by atoms with van der Waals surface area (Å²) in [6, 6.07) is 3.86. The molecule has 2 aromatic rings. The first kappa shape index (κ1) is 13.8. The van der Waals surface area contributed by atoms with E-state index in [1.807, 2.05) is 16.8 Å². The van der Waals surface area contributed by atoms with E-state index >= 15 is 0 Å². The molecule has 116 valence electrons. The van der Waals surface area contributed by atoms with Gasteiger partial charge in [-0.15, -0.1) is 5.10 Å². The Labute approximate surface area is 129 Å². The number of rotatable bonds is 3. The second-order valence-corrected chi connectivity index (χ2v) is 6.62. The lowest BCUT2D eigenvalue weighted by Crippen LogP contribution is -2.25. The van der Waals surface area contributed by atoms with E-state index in [0.717, 1.165) is 31.0 Å². The maximum Gasteiger partial charge on any atom is 0.182 e. The van der Waals surface area contributed by atoms with Crippen LogP contribution < -0.4 is 0 Å². The van der Waals surface area contributed by atoms with Crippen LogP contribution >= 0.6 is 0 Å². The van der Waals surface area contributed by atoms with Crippen molar-refractivity contribution in [1.82, 2.24) is 25.2 Å². The Balaban J connectivity index is 1.48. The molecule has 1 aliphatic heterocycles. The Hall–Kier alpha value is -1.82. The van der Waals surface area contributed by atoms with Crippen LogP contribution in [0.2, 0.25) is 0 Å². The lowest BCUT2D eigenvalue weighted by molar-refractivity contribution is 0.0739. The molecule has 0 bridgehead atoms. The Kier molecular flexibility index (Phi) is 3.62. The minimum Gasteiger partial charge on any atom is -0.376 e. The van der Waals surface area contributed by atoms with Gasteiger partial charge in [-0.25, -0.2) is 4.68 Å². The van der Waals surface area contributed by atoms with Crippen molar-refractivity contribution < 1.29 is 4.74 Å². The predicted octanol–water partition coefficient (Wildman–Crippen LogP) is 2.47. The minimum absolute atomic E-state index is 0.224. The van der Waals surface area contributed by atoms with Gasteiger partial charge in [0, 0.05) is 18.0 Å². The molecular weight excluding hydrogens is 278 g/mol. The monoisotopic (exact) mass is 299 g/mol. The number of ether oxygens (including phenoxy) is 1. The molecule has 2 fully saturated rings. The Morgan fingerprint density at radius 2 is 2.00 bits per heavy atom. The number of pyridine rings is 1. The van der Waals surface area contributed by atoms with Gasteiger partial charge in [-0.2, -0.15) is 0 Å². The summed E-state index contributed by atoms with van der Waals surface area (Å²) in [7, 11) is 0. The molecule has 1 unspecified atom stereocenters. The topological polar surface area (TPSA) is 65.7 Å². The van der Waals surface area contributed by atoms with Crippen molar-refractivity contribution in [2.45, 2.75) is 51.2 Å². The number of tetrazole rings is 1. The lowest BCUT2D eigenvalue weighted by Gasteiger charge is -2.31. The van der Waals surface area contributed by atoms with Crippen LogP contribution in [0.1, 0.15) is 38.5 Å². The third kappa shape index (κ3) is 2.63. The van der Waals surface area contributed by atoms with Gasteiger partial charge in [0.25, 0.3) is 0 Å². The van der Waals surface area contributed by atoms with Crippen LogP contribution in [-0.4, -0.2) is 37.9 Å². The summed E-state index contributed by atoms with van der Waals surface area (Å²) in [4.78, 5) is 4.04. The van der Waals surface area contributed by atoms with Crippen LogP contribution in [0, 0.1) is 5.41 Å². The predicted molar refractivity (Wildman–Crippen MR) is 80.9 cm³/mol. The molecule has 0 aromatic carbocycles. The highest BCUT2D eigenvalue weighted by Crippen LogP contribution is 2.45. The molecule has 1 aliphatic carbocycles. The summed E-state index contributed by atoms with van der Waals surface area (Å²) in [5.41, 5.74) is 1.42. The minimum atomic E-state index is 0.224. The summed E-state index contributed by atoms with van der Waals surface area (Å²) in [5, 5.41) is 12.1. The quantitative estimate of drug-likeness (QED) is 0.871. The fourth-order valence-electron chi connectivity index (χ4n) is 3.89. The van der Waals surface area contributed by atoms with E-state index in [2.05, 4.69) is 20.5 Å². The molecular formula is C16H21N5O. The molecule has 0 radical (unpaired) electrons. The van der Waals surface area contributed by atoms with E-state index < -0.39 is 0 Å². The number of aromatic nitrogens is 5. The molecule has 6 heteroatoms. The van der Waals surface area contributed by atoms with E-state index in [1.165, 1.54) is 32.1 Å². The molecule has 1 atom stereocenters. The van der Waals surface area contributed by atoms with Crippen LogP contribution in [0.3, 0.4) is 0 Å². The summed E-state index contributed by atoms with van der Waals surface area (Å²) in [6.45, 7) is 1.64. The molecule has 1 saturated carbocycles. The maximum atomic E-state index is 6.08. The standard InChI is InChI=1S/C16H21N5O/c1-2-6-16(7-3-1)10-14(22-12-16)11-21-15(18-19-20-21)13-4-8-17-9-5-13/h4-5,8-9,14H,1-3,6-7,10-12H2. The third-order valence-electron chi connectivity index (χ3n) is 5.05. The highest BCUT2D eigenvalue weighted by atomic mass is 16.5. The zero-order chi connectivity index (χ0) is 14.8. The molecule has 6 nitrogen and oxygen atoms in total. The van der Waals surface area contributed by atoms with Gasteiger partial charge in [0.1, 0.15) is 0 Å². The highest BCUT2D eigenvalue weighted by Gasteiger charge is 2.41. The largest absolute Gasteiger partial charge is 0.376 e.